The summed E-state index contributed by atoms with van der Waals surface area (Å²) in [5.41, 5.74) is 0.512. The Morgan fingerprint density at radius 2 is 1.66 bits per heavy atom. The highest BCUT2D eigenvalue weighted by Crippen LogP contribution is 2.33. The molecular formula is C21H20N2O4S2. The molecular weight excluding hydrogens is 408 g/mol. The standard InChI is InChI=1S/C21H20N2O4S2/c24-20-19(28-21(22-20)23-13-7-2-8-14-23)15-16-9-5-6-12-18(16)27-29(25,26)17-10-3-1-4-11-17/h1,3-6,9-12,15H,2,7-8,13-14H2/b19-15-. The van der Waals surface area contributed by atoms with E-state index in [0.717, 1.165) is 31.1 Å². The summed E-state index contributed by atoms with van der Waals surface area (Å²) in [4.78, 5) is 19.2. The molecule has 1 saturated heterocycles. The van der Waals surface area contributed by atoms with Gasteiger partial charge in [0.25, 0.3) is 5.91 Å². The van der Waals surface area contributed by atoms with Crippen LogP contribution in [-0.4, -0.2) is 37.5 Å². The van der Waals surface area contributed by atoms with Gasteiger partial charge in [0.2, 0.25) is 0 Å². The number of likely N-dealkylation sites (tertiary alicyclic amines) is 1. The van der Waals surface area contributed by atoms with Crippen LogP contribution in [0.15, 0.2) is 69.4 Å². The Bertz CT molecular complexity index is 1070. The highest BCUT2D eigenvalue weighted by Gasteiger charge is 2.27. The Balaban J connectivity index is 1.57. The normalized spacial score (nSPS) is 18.8. The summed E-state index contributed by atoms with van der Waals surface area (Å²) in [5.74, 6) is -0.139. The minimum absolute atomic E-state index is 0.0736. The van der Waals surface area contributed by atoms with Gasteiger partial charge < -0.3 is 9.08 Å². The van der Waals surface area contributed by atoms with Gasteiger partial charge in [-0.15, -0.1) is 0 Å². The molecule has 0 aliphatic carbocycles. The van der Waals surface area contributed by atoms with Gasteiger partial charge in [0.05, 0.1) is 4.91 Å². The molecule has 2 aliphatic heterocycles. The van der Waals surface area contributed by atoms with E-state index < -0.39 is 10.1 Å². The van der Waals surface area contributed by atoms with Crippen LogP contribution in [0.3, 0.4) is 0 Å². The van der Waals surface area contributed by atoms with E-state index >= 15 is 0 Å². The summed E-state index contributed by atoms with van der Waals surface area (Å²) in [6.45, 7) is 1.81. The first kappa shape index (κ1) is 19.7. The fourth-order valence-electron chi connectivity index (χ4n) is 3.19. The number of amides is 1. The summed E-state index contributed by atoms with van der Waals surface area (Å²) >= 11 is 1.33. The van der Waals surface area contributed by atoms with Crippen molar-refractivity contribution < 1.29 is 17.4 Å². The topological polar surface area (TPSA) is 76.0 Å². The van der Waals surface area contributed by atoms with Crippen molar-refractivity contribution in [3.63, 3.8) is 0 Å². The van der Waals surface area contributed by atoms with Crippen molar-refractivity contribution in [2.24, 2.45) is 4.99 Å². The van der Waals surface area contributed by atoms with Crippen LogP contribution >= 0.6 is 11.8 Å². The van der Waals surface area contributed by atoms with E-state index in [2.05, 4.69) is 9.89 Å². The molecule has 0 atom stereocenters. The van der Waals surface area contributed by atoms with Crippen LogP contribution in [0, 0.1) is 0 Å². The fourth-order valence-corrected chi connectivity index (χ4v) is 5.12. The summed E-state index contributed by atoms with van der Waals surface area (Å²) < 4.78 is 30.5. The molecule has 0 radical (unpaired) electrons. The zero-order valence-corrected chi connectivity index (χ0v) is 17.3. The van der Waals surface area contributed by atoms with Crippen LogP contribution in [0.1, 0.15) is 24.8 Å². The average molecular weight is 429 g/mol. The second-order valence-corrected chi connectivity index (χ2v) is 9.30. The van der Waals surface area contributed by atoms with Crippen molar-refractivity contribution in [2.75, 3.05) is 13.1 Å². The van der Waals surface area contributed by atoms with E-state index in [1.807, 2.05) is 0 Å². The quantitative estimate of drug-likeness (QED) is 0.543. The lowest BCUT2D eigenvalue weighted by Gasteiger charge is -2.27. The lowest BCUT2D eigenvalue weighted by molar-refractivity contribution is -0.113. The Morgan fingerprint density at radius 3 is 2.41 bits per heavy atom. The number of aliphatic imine (C=N–C) groups is 1. The van der Waals surface area contributed by atoms with Gasteiger partial charge >= 0.3 is 10.1 Å². The predicted octanol–water partition coefficient (Wildman–Crippen LogP) is 3.91. The molecule has 2 aromatic carbocycles. The molecule has 29 heavy (non-hydrogen) atoms. The van der Waals surface area contributed by atoms with Crippen molar-refractivity contribution in [1.29, 1.82) is 0 Å². The maximum absolute atomic E-state index is 12.6. The predicted molar refractivity (Wildman–Crippen MR) is 114 cm³/mol. The number of hydrogen-bond acceptors (Lipinski definition) is 6. The number of carbonyl (C=O) groups excluding carboxylic acids is 1. The number of para-hydroxylation sites is 1. The van der Waals surface area contributed by atoms with Gasteiger partial charge in [0.15, 0.2) is 5.17 Å². The van der Waals surface area contributed by atoms with Gasteiger partial charge in [0.1, 0.15) is 10.6 Å². The second kappa shape index (κ2) is 8.42. The van der Waals surface area contributed by atoms with Crippen molar-refractivity contribution in [2.45, 2.75) is 24.2 Å². The molecule has 150 valence electrons. The molecule has 0 saturated carbocycles. The van der Waals surface area contributed by atoms with E-state index in [0.29, 0.717) is 10.5 Å². The molecule has 0 unspecified atom stereocenters. The Hall–Kier alpha value is -2.58. The number of piperidine rings is 1. The largest absolute Gasteiger partial charge is 0.378 e. The van der Waals surface area contributed by atoms with Crippen molar-refractivity contribution >= 4 is 39.0 Å². The summed E-state index contributed by atoms with van der Waals surface area (Å²) in [6.07, 6.45) is 5.04. The maximum atomic E-state index is 12.6. The number of carbonyl (C=O) groups is 1. The van der Waals surface area contributed by atoms with Gasteiger partial charge in [0, 0.05) is 18.7 Å². The molecule has 2 aliphatic rings. The Morgan fingerprint density at radius 1 is 0.966 bits per heavy atom. The minimum Gasteiger partial charge on any atom is -0.378 e. The van der Waals surface area contributed by atoms with E-state index in [4.69, 9.17) is 4.18 Å². The smallest absolute Gasteiger partial charge is 0.339 e. The third kappa shape index (κ3) is 4.54. The average Bonchev–Trinajstić information content (AvgIpc) is 3.11. The van der Waals surface area contributed by atoms with E-state index in [-0.39, 0.29) is 16.6 Å². The fraction of sp³-hybridized carbons (Fsp3) is 0.238. The number of hydrogen-bond donors (Lipinski definition) is 0. The second-order valence-electron chi connectivity index (χ2n) is 6.75. The van der Waals surface area contributed by atoms with Crippen LogP contribution in [0.25, 0.3) is 6.08 Å². The zero-order chi connectivity index (χ0) is 20.3. The Labute approximate surface area is 174 Å². The molecule has 2 heterocycles. The third-order valence-electron chi connectivity index (χ3n) is 4.67. The maximum Gasteiger partial charge on any atom is 0.339 e. The van der Waals surface area contributed by atoms with Crippen molar-refractivity contribution in [3.05, 3.63) is 65.1 Å². The van der Waals surface area contributed by atoms with Crippen molar-refractivity contribution in [3.8, 4) is 5.75 Å². The summed E-state index contributed by atoms with van der Waals surface area (Å²) in [5, 5.41) is 0.719. The molecule has 0 spiro atoms. The van der Waals surface area contributed by atoms with Gasteiger partial charge in [-0.1, -0.05) is 36.4 Å². The molecule has 2 aromatic rings. The lowest BCUT2D eigenvalue weighted by Crippen LogP contribution is -2.33. The van der Waals surface area contributed by atoms with Gasteiger partial charge in [-0.3, -0.25) is 4.79 Å². The lowest BCUT2D eigenvalue weighted by atomic mass is 10.1. The van der Waals surface area contributed by atoms with Crippen LogP contribution in [0.5, 0.6) is 5.75 Å². The van der Waals surface area contributed by atoms with Crippen molar-refractivity contribution in [1.82, 2.24) is 4.90 Å². The molecule has 0 aromatic heterocycles. The van der Waals surface area contributed by atoms with Crippen LogP contribution in [0.4, 0.5) is 0 Å². The number of nitrogens with zero attached hydrogens (tertiary/aromatic N) is 2. The molecule has 0 N–H and O–H groups in total. The summed E-state index contributed by atoms with van der Waals surface area (Å²) in [6, 6.07) is 14.7. The number of amidine groups is 1. The monoisotopic (exact) mass is 428 g/mol. The van der Waals surface area contributed by atoms with E-state index in [1.54, 1.807) is 48.5 Å². The Kier molecular flexibility index (Phi) is 5.73. The summed E-state index contributed by atoms with van der Waals surface area (Å²) in [7, 11) is -3.97. The van der Waals surface area contributed by atoms with Crippen LogP contribution in [0.2, 0.25) is 0 Å². The van der Waals surface area contributed by atoms with E-state index in [1.165, 1.54) is 30.3 Å². The van der Waals surface area contributed by atoms with Gasteiger partial charge in [-0.25, -0.2) is 0 Å². The molecule has 0 bridgehead atoms. The molecule has 1 amide bonds. The third-order valence-corrected chi connectivity index (χ3v) is 6.97. The number of benzene rings is 2. The number of rotatable bonds is 4. The SMILES string of the molecule is O=C1N=C(N2CCCCC2)S/C1=C\c1ccccc1OS(=O)(=O)c1ccccc1. The van der Waals surface area contributed by atoms with Crippen LogP contribution in [-0.2, 0) is 14.9 Å². The molecule has 4 rings (SSSR count). The van der Waals surface area contributed by atoms with Gasteiger partial charge in [-0.05, 0) is 55.3 Å². The molecule has 1 fully saturated rings. The zero-order valence-electron chi connectivity index (χ0n) is 15.7. The first-order valence-electron chi connectivity index (χ1n) is 9.39. The number of thioether (sulfide) groups is 1. The highest BCUT2D eigenvalue weighted by molar-refractivity contribution is 8.18. The molecule has 8 heteroatoms. The first-order chi connectivity index (χ1) is 14.0. The minimum atomic E-state index is -3.97. The van der Waals surface area contributed by atoms with E-state index in [9.17, 15) is 13.2 Å². The van der Waals surface area contributed by atoms with Gasteiger partial charge in [-0.2, -0.15) is 13.4 Å². The highest BCUT2D eigenvalue weighted by atomic mass is 32.2. The first-order valence-corrected chi connectivity index (χ1v) is 11.6. The molecule has 6 nitrogen and oxygen atoms in total. The van der Waals surface area contributed by atoms with Crippen LogP contribution < -0.4 is 4.18 Å².